The fourth-order valence-electron chi connectivity index (χ4n) is 1.20. The second kappa shape index (κ2) is 6.30. The first kappa shape index (κ1) is 11.9. The SMILES string of the molecule is CCC(N)CCOc1ccc(OC)cc1. The quantitative estimate of drug-likeness (QED) is 0.781. The van der Waals surface area contributed by atoms with Crippen LogP contribution in [0, 0.1) is 0 Å². The van der Waals surface area contributed by atoms with Crippen molar-refractivity contribution in [3.8, 4) is 11.5 Å². The van der Waals surface area contributed by atoms with Gasteiger partial charge < -0.3 is 15.2 Å². The van der Waals surface area contributed by atoms with Gasteiger partial charge in [-0.25, -0.2) is 0 Å². The third-order valence-electron chi connectivity index (χ3n) is 2.34. The first-order valence-electron chi connectivity index (χ1n) is 5.28. The molecule has 3 heteroatoms. The minimum absolute atomic E-state index is 0.239. The van der Waals surface area contributed by atoms with Crippen molar-refractivity contribution in [2.75, 3.05) is 13.7 Å². The first-order chi connectivity index (χ1) is 7.26. The highest BCUT2D eigenvalue weighted by Crippen LogP contribution is 2.17. The molecular weight excluding hydrogens is 190 g/mol. The largest absolute Gasteiger partial charge is 0.497 e. The molecular formula is C12H19NO2. The van der Waals surface area contributed by atoms with Gasteiger partial charge in [-0.2, -0.15) is 0 Å². The molecule has 0 saturated carbocycles. The van der Waals surface area contributed by atoms with E-state index in [0.29, 0.717) is 6.61 Å². The van der Waals surface area contributed by atoms with E-state index in [9.17, 15) is 0 Å². The van der Waals surface area contributed by atoms with E-state index in [1.807, 2.05) is 24.3 Å². The molecule has 1 atom stereocenters. The molecule has 0 bridgehead atoms. The lowest BCUT2D eigenvalue weighted by molar-refractivity contribution is 0.295. The Bertz CT molecular complexity index is 271. The van der Waals surface area contributed by atoms with Gasteiger partial charge >= 0.3 is 0 Å². The van der Waals surface area contributed by atoms with E-state index in [1.54, 1.807) is 7.11 Å². The van der Waals surface area contributed by atoms with Gasteiger partial charge in [-0.05, 0) is 37.1 Å². The van der Waals surface area contributed by atoms with Crippen molar-refractivity contribution in [1.82, 2.24) is 0 Å². The molecule has 0 spiro atoms. The lowest BCUT2D eigenvalue weighted by Gasteiger charge is -2.10. The van der Waals surface area contributed by atoms with Gasteiger partial charge in [0.15, 0.2) is 0 Å². The Morgan fingerprint density at radius 1 is 1.20 bits per heavy atom. The van der Waals surface area contributed by atoms with E-state index in [2.05, 4.69) is 6.92 Å². The fraction of sp³-hybridized carbons (Fsp3) is 0.500. The van der Waals surface area contributed by atoms with E-state index >= 15 is 0 Å². The van der Waals surface area contributed by atoms with Crippen LogP contribution < -0.4 is 15.2 Å². The van der Waals surface area contributed by atoms with E-state index in [0.717, 1.165) is 24.3 Å². The maximum atomic E-state index is 5.78. The van der Waals surface area contributed by atoms with Gasteiger partial charge in [0.2, 0.25) is 0 Å². The van der Waals surface area contributed by atoms with Crippen LogP contribution in [0.2, 0.25) is 0 Å². The van der Waals surface area contributed by atoms with Gasteiger partial charge in [-0.1, -0.05) is 6.92 Å². The smallest absolute Gasteiger partial charge is 0.119 e. The zero-order valence-corrected chi connectivity index (χ0v) is 9.40. The summed E-state index contributed by atoms with van der Waals surface area (Å²) >= 11 is 0. The van der Waals surface area contributed by atoms with Crippen LogP contribution >= 0.6 is 0 Å². The fourth-order valence-corrected chi connectivity index (χ4v) is 1.20. The average Bonchev–Trinajstić information content (AvgIpc) is 2.29. The molecule has 1 unspecified atom stereocenters. The Hall–Kier alpha value is -1.22. The summed E-state index contributed by atoms with van der Waals surface area (Å²) in [5.74, 6) is 1.70. The minimum Gasteiger partial charge on any atom is -0.497 e. The monoisotopic (exact) mass is 209 g/mol. The Morgan fingerprint density at radius 2 is 1.80 bits per heavy atom. The molecule has 0 saturated heterocycles. The molecule has 0 aromatic heterocycles. The van der Waals surface area contributed by atoms with Crippen molar-refractivity contribution in [3.63, 3.8) is 0 Å². The summed E-state index contributed by atoms with van der Waals surface area (Å²) in [5, 5.41) is 0. The third-order valence-corrected chi connectivity index (χ3v) is 2.34. The van der Waals surface area contributed by atoms with E-state index in [1.165, 1.54) is 0 Å². The lowest BCUT2D eigenvalue weighted by Crippen LogP contribution is -2.21. The number of rotatable bonds is 6. The minimum atomic E-state index is 0.239. The Kier molecular flexibility index (Phi) is 4.98. The standard InChI is InChI=1S/C12H19NO2/c1-3-10(13)8-9-15-12-6-4-11(14-2)5-7-12/h4-7,10H,3,8-9,13H2,1-2H3. The van der Waals surface area contributed by atoms with Gasteiger partial charge in [0.05, 0.1) is 13.7 Å². The number of methoxy groups -OCH3 is 1. The molecule has 0 fully saturated rings. The Labute approximate surface area is 91.2 Å². The van der Waals surface area contributed by atoms with Crippen molar-refractivity contribution in [3.05, 3.63) is 24.3 Å². The van der Waals surface area contributed by atoms with Crippen LogP contribution in [-0.4, -0.2) is 19.8 Å². The highest BCUT2D eigenvalue weighted by atomic mass is 16.5. The topological polar surface area (TPSA) is 44.5 Å². The van der Waals surface area contributed by atoms with E-state index in [4.69, 9.17) is 15.2 Å². The summed E-state index contributed by atoms with van der Waals surface area (Å²) in [6, 6.07) is 7.81. The highest BCUT2D eigenvalue weighted by molar-refractivity contribution is 5.31. The van der Waals surface area contributed by atoms with Crippen molar-refractivity contribution < 1.29 is 9.47 Å². The normalized spacial score (nSPS) is 12.2. The first-order valence-corrected chi connectivity index (χ1v) is 5.28. The van der Waals surface area contributed by atoms with Crippen LogP contribution in [-0.2, 0) is 0 Å². The third kappa shape index (κ3) is 4.21. The number of ether oxygens (including phenoxy) is 2. The predicted octanol–water partition coefficient (Wildman–Crippen LogP) is 2.20. The van der Waals surface area contributed by atoms with Crippen molar-refractivity contribution >= 4 is 0 Å². The summed E-state index contributed by atoms with van der Waals surface area (Å²) in [6.07, 6.45) is 1.88. The van der Waals surface area contributed by atoms with Crippen molar-refractivity contribution in [2.24, 2.45) is 5.73 Å². The van der Waals surface area contributed by atoms with Crippen LogP contribution in [0.1, 0.15) is 19.8 Å². The van der Waals surface area contributed by atoms with Gasteiger partial charge in [-0.3, -0.25) is 0 Å². The lowest BCUT2D eigenvalue weighted by atomic mass is 10.2. The van der Waals surface area contributed by atoms with Crippen molar-refractivity contribution in [2.45, 2.75) is 25.8 Å². The molecule has 0 amide bonds. The maximum absolute atomic E-state index is 5.78. The summed E-state index contributed by atoms with van der Waals surface area (Å²) in [7, 11) is 1.65. The second-order valence-corrected chi connectivity index (χ2v) is 3.48. The number of benzene rings is 1. The summed E-state index contributed by atoms with van der Waals surface area (Å²) in [4.78, 5) is 0. The predicted molar refractivity (Wildman–Crippen MR) is 61.4 cm³/mol. The number of hydrogen-bond donors (Lipinski definition) is 1. The van der Waals surface area contributed by atoms with Crippen LogP contribution in [0.5, 0.6) is 11.5 Å². The molecule has 2 N–H and O–H groups in total. The molecule has 3 nitrogen and oxygen atoms in total. The summed E-state index contributed by atoms with van der Waals surface area (Å²) < 4.78 is 10.6. The zero-order valence-electron chi connectivity index (χ0n) is 9.40. The van der Waals surface area contributed by atoms with Gasteiger partial charge in [-0.15, -0.1) is 0 Å². The van der Waals surface area contributed by atoms with Gasteiger partial charge in [0.1, 0.15) is 11.5 Å². The molecule has 0 aliphatic carbocycles. The van der Waals surface area contributed by atoms with Crippen LogP contribution in [0.3, 0.4) is 0 Å². The van der Waals surface area contributed by atoms with Crippen LogP contribution in [0.15, 0.2) is 24.3 Å². The summed E-state index contributed by atoms with van der Waals surface area (Å²) in [6.45, 7) is 2.75. The van der Waals surface area contributed by atoms with Gasteiger partial charge in [0, 0.05) is 6.04 Å². The molecule has 0 heterocycles. The second-order valence-electron chi connectivity index (χ2n) is 3.48. The molecule has 0 aliphatic heterocycles. The maximum Gasteiger partial charge on any atom is 0.119 e. The molecule has 84 valence electrons. The molecule has 0 radical (unpaired) electrons. The highest BCUT2D eigenvalue weighted by Gasteiger charge is 1.99. The molecule has 0 aliphatic rings. The van der Waals surface area contributed by atoms with Crippen molar-refractivity contribution in [1.29, 1.82) is 0 Å². The molecule has 1 aromatic carbocycles. The average molecular weight is 209 g/mol. The molecule has 15 heavy (non-hydrogen) atoms. The van der Waals surface area contributed by atoms with Gasteiger partial charge in [0.25, 0.3) is 0 Å². The molecule has 1 aromatic rings. The molecule has 1 rings (SSSR count). The van der Waals surface area contributed by atoms with Crippen LogP contribution in [0.25, 0.3) is 0 Å². The van der Waals surface area contributed by atoms with E-state index < -0.39 is 0 Å². The Morgan fingerprint density at radius 3 is 2.33 bits per heavy atom. The zero-order chi connectivity index (χ0) is 11.1. The van der Waals surface area contributed by atoms with E-state index in [-0.39, 0.29) is 6.04 Å². The number of nitrogens with two attached hydrogens (primary N) is 1. The Balaban J connectivity index is 2.31. The number of hydrogen-bond acceptors (Lipinski definition) is 3. The van der Waals surface area contributed by atoms with Crippen LogP contribution in [0.4, 0.5) is 0 Å². The summed E-state index contributed by atoms with van der Waals surface area (Å²) in [5.41, 5.74) is 5.78.